The van der Waals surface area contributed by atoms with Crippen molar-refractivity contribution in [3.63, 3.8) is 0 Å². The van der Waals surface area contributed by atoms with Crippen molar-refractivity contribution in [1.29, 1.82) is 0 Å². The minimum atomic E-state index is -1.20. The van der Waals surface area contributed by atoms with E-state index in [4.69, 9.17) is 4.52 Å². The molecule has 5 rings (SSSR count). The molecule has 1 unspecified atom stereocenters. The van der Waals surface area contributed by atoms with Crippen molar-refractivity contribution in [3.05, 3.63) is 79.8 Å². The molecule has 2 aliphatic rings. The maximum Gasteiger partial charge on any atom is 0.274 e. The molecule has 0 spiro atoms. The first-order chi connectivity index (χ1) is 16.2. The number of aromatic nitrogens is 2. The normalized spacial score (nSPS) is 16.6. The third kappa shape index (κ3) is 3.33. The number of nitrogens with zero attached hydrogens (tertiary/aromatic N) is 3. The van der Waals surface area contributed by atoms with E-state index in [1.807, 2.05) is 0 Å². The van der Waals surface area contributed by atoms with Gasteiger partial charge in [0.15, 0.2) is 11.4 Å². The Hall–Kier alpha value is -4.09. The second-order valence-corrected chi connectivity index (χ2v) is 8.22. The largest absolute Gasteiger partial charge is 0.503 e. The van der Waals surface area contributed by atoms with Crippen molar-refractivity contribution in [2.24, 2.45) is 0 Å². The molecule has 0 aliphatic carbocycles. The summed E-state index contributed by atoms with van der Waals surface area (Å²) in [4.78, 5) is 39.9. The number of carbonyl (C=O) groups is 2. The minimum absolute atomic E-state index is 0.199. The number of benzene rings is 1. The summed E-state index contributed by atoms with van der Waals surface area (Å²) in [6.45, 7) is 1.51. The van der Waals surface area contributed by atoms with Gasteiger partial charge in [-0.3, -0.25) is 14.4 Å². The van der Waals surface area contributed by atoms with E-state index in [2.05, 4.69) is 10.5 Å². The molecule has 1 aromatic carbocycles. The van der Waals surface area contributed by atoms with Gasteiger partial charge < -0.3 is 24.4 Å². The fraction of sp³-hybridized carbons (Fsp3) is 0.273. The van der Waals surface area contributed by atoms with Gasteiger partial charge in [-0.25, -0.2) is 13.2 Å². The fourth-order valence-electron chi connectivity index (χ4n) is 4.36. The van der Waals surface area contributed by atoms with Crippen LogP contribution in [0.4, 0.5) is 13.2 Å². The molecule has 1 atom stereocenters. The number of fused-ring (bicyclic) bond motifs is 5. The Morgan fingerprint density at radius 3 is 2.68 bits per heavy atom. The molecule has 2 aromatic heterocycles. The summed E-state index contributed by atoms with van der Waals surface area (Å²) < 4.78 is 47.6. The number of rotatable bonds is 3. The average molecular weight is 474 g/mol. The van der Waals surface area contributed by atoms with Gasteiger partial charge in [-0.05, 0) is 6.92 Å². The molecule has 34 heavy (non-hydrogen) atoms. The molecule has 9 nitrogen and oxygen atoms in total. The third-order valence-electron chi connectivity index (χ3n) is 6.14. The summed E-state index contributed by atoms with van der Waals surface area (Å²) in [6, 6.07) is 0.464. The van der Waals surface area contributed by atoms with Crippen LogP contribution in [0.2, 0.25) is 0 Å². The van der Waals surface area contributed by atoms with E-state index in [0.717, 1.165) is 11.8 Å². The molecule has 0 fully saturated rings. The van der Waals surface area contributed by atoms with Crippen LogP contribution in [0, 0.1) is 24.4 Å². The van der Waals surface area contributed by atoms with Gasteiger partial charge in [0.05, 0.1) is 18.3 Å². The van der Waals surface area contributed by atoms with Crippen molar-refractivity contribution in [3.8, 4) is 5.75 Å². The summed E-state index contributed by atoms with van der Waals surface area (Å²) in [6.07, 6.45) is 1.43. The predicted molar refractivity (Wildman–Crippen MR) is 109 cm³/mol. The van der Waals surface area contributed by atoms with Crippen molar-refractivity contribution < 1.29 is 32.4 Å². The monoisotopic (exact) mass is 474 g/mol. The Kier molecular flexibility index (Phi) is 4.95. The Morgan fingerprint density at radius 2 is 1.97 bits per heavy atom. The molecule has 0 saturated heterocycles. The second kappa shape index (κ2) is 7.75. The molecule has 0 saturated carbocycles. The van der Waals surface area contributed by atoms with Crippen LogP contribution in [-0.4, -0.2) is 38.1 Å². The molecule has 2 bridgehead atoms. The maximum absolute atomic E-state index is 13.9. The lowest BCUT2D eigenvalue weighted by molar-refractivity contribution is 0.0651. The van der Waals surface area contributed by atoms with E-state index < -0.39 is 64.2 Å². The highest BCUT2D eigenvalue weighted by molar-refractivity contribution is 5.99. The van der Waals surface area contributed by atoms with E-state index in [0.29, 0.717) is 30.0 Å². The smallest absolute Gasteiger partial charge is 0.274 e. The lowest BCUT2D eigenvalue weighted by Crippen LogP contribution is -2.44. The number of hydrogen-bond donors (Lipinski definition) is 2. The van der Waals surface area contributed by atoms with Crippen LogP contribution in [0.25, 0.3) is 0 Å². The highest BCUT2D eigenvalue weighted by Gasteiger charge is 2.39. The third-order valence-corrected chi connectivity index (χ3v) is 6.14. The van der Waals surface area contributed by atoms with Crippen LogP contribution in [0.1, 0.15) is 49.5 Å². The number of carbonyl (C=O) groups excluding carboxylic acids is 2. The number of amides is 2. The van der Waals surface area contributed by atoms with Crippen molar-refractivity contribution >= 4 is 11.8 Å². The van der Waals surface area contributed by atoms with Gasteiger partial charge in [0.25, 0.3) is 11.8 Å². The number of aryl methyl sites for hydroxylation is 1. The molecule has 2 amide bonds. The zero-order chi connectivity index (χ0) is 24.3. The van der Waals surface area contributed by atoms with Crippen molar-refractivity contribution in [2.45, 2.75) is 32.5 Å². The standard InChI is InChI=1S/C22H17F3N4O5/c1-9-13-7-28-6-11(4-17(13)34-27-9)29-8-14(19(30)20(31)18(29)22(28)33)21(32)26-5-12-15(24)2-10(23)3-16(12)25/h2-3,8,11,31H,4-7H2,1H3,(H,26,32). The van der Waals surface area contributed by atoms with Crippen molar-refractivity contribution in [2.75, 3.05) is 6.54 Å². The number of halogens is 3. The molecule has 4 heterocycles. The first-order valence-corrected chi connectivity index (χ1v) is 10.3. The lowest BCUT2D eigenvalue weighted by atomic mass is 10.1. The molecule has 176 valence electrons. The zero-order valence-corrected chi connectivity index (χ0v) is 17.7. The van der Waals surface area contributed by atoms with Gasteiger partial charge >= 0.3 is 0 Å². The highest BCUT2D eigenvalue weighted by atomic mass is 19.1. The summed E-state index contributed by atoms with van der Waals surface area (Å²) in [5.41, 5.74) is -1.12. The van der Waals surface area contributed by atoms with Crippen LogP contribution in [0.5, 0.6) is 5.75 Å². The van der Waals surface area contributed by atoms with Crippen LogP contribution >= 0.6 is 0 Å². The lowest BCUT2D eigenvalue weighted by Gasteiger charge is -2.34. The summed E-state index contributed by atoms with van der Waals surface area (Å²) in [7, 11) is 0. The first kappa shape index (κ1) is 21.7. The van der Waals surface area contributed by atoms with Gasteiger partial charge in [-0.2, -0.15) is 0 Å². The van der Waals surface area contributed by atoms with Crippen LogP contribution < -0.4 is 10.7 Å². The number of pyridine rings is 1. The van der Waals surface area contributed by atoms with Gasteiger partial charge in [0, 0.05) is 49.0 Å². The van der Waals surface area contributed by atoms with E-state index >= 15 is 0 Å². The van der Waals surface area contributed by atoms with Crippen LogP contribution in [-0.2, 0) is 19.5 Å². The van der Waals surface area contributed by atoms with Crippen LogP contribution in [0.15, 0.2) is 27.6 Å². The molecule has 3 aromatic rings. The maximum atomic E-state index is 13.9. The van der Waals surface area contributed by atoms with Crippen LogP contribution in [0.3, 0.4) is 0 Å². The fourth-order valence-corrected chi connectivity index (χ4v) is 4.36. The Balaban J connectivity index is 1.50. The topological polar surface area (TPSA) is 118 Å². The molecule has 0 radical (unpaired) electrons. The quantitative estimate of drug-likeness (QED) is 0.599. The first-order valence-electron chi connectivity index (χ1n) is 10.3. The average Bonchev–Trinajstić information content (AvgIpc) is 3.01. The summed E-state index contributed by atoms with van der Waals surface area (Å²) >= 11 is 0. The number of hydrogen-bond acceptors (Lipinski definition) is 6. The molecule has 2 N–H and O–H groups in total. The molecular weight excluding hydrogens is 457 g/mol. The van der Waals surface area contributed by atoms with E-state index in [1.54, 1.807) is 6.92 Å². The highest BCUT2D eigenvalue weighted by Crippen LogP contribution is 2.34. The van der Waals surface area contributed by atoms with Gasteiger partial charge in [-0.1, -0.05) is 5.16 Å². The summed E-state index contributed by atoms with van der Waals surface area (Å²) in [5, 5.41) is 16.7. The molecule has 12 heteroatoms. The number of aromatic hydroxyl groups is 1. The molecular formula is C22H17F3N4O5. The van der Waals surface area contributed by atoms with E-state index in [-0.39, 0.29) is 18.8 Å². The van der Waals surface area contributed by atoms with E-state index in [1.165, 1.54) is 9.47 Å². The van der Waals surface area contributed by atoms with E-state index in [9.17, 15) is 32.7 Å². The van der Waals surface area contributed by atoms with Gasteiger partial charge in [0.1, 0.15) is 28.8 Å². The zero-order valence-electron chi connectivity index (χ0n) is 17.7. The minimum Gasteiger partial charge on any atom is -0.503 e. The SMILES string of the molecule is Cc1noc2c1CN1CC(C2)n2cc(C(=O)NCc3c(F)cc(F)cc3F)c(=O)c(O)c2C1=O. The van der Waals surface area contributed by atoms with Crippen molar-refractivity contribution in [1.82, 2.24) is 19.9 Å². The predicted octanol–water partition coefficient (Wildman–Crippen LogP) is 1.95. The number of nitrogens with one attached hydrogen (secondary N) is 1. The molecule has 2 aliphatic heterocycles. The second-order valence-electron chi connectivity index (χ2n) is 8.22. The van der Waals surface area contributed by atoms with Gasteiger partial charge in [-0.15, -0.1) is 0 Å². The Labute approximate surface area is 189 Å². The Bertz CT molecular complexity index is 1410. The summed E-state index contributed by atoms with van der Waals surface area (Å²) in [5.74, 6) is -5.50. The Morgan fingerprint density at radius 1 is 1.26 bits per heavy atom. The van der Waals surface area contributed by atoms with Gasteiger partial charge in [0.2, 0.25) is 5.43 Å².